The van der Waals surface area contributed by atoms with E-state index in [0.717, 1.165) is 0 Å². The van der Waals surface area contributed by atoms with Crippen LogP contribution in [-0.2, 0) is 37.1 Å². The zero-order chi connectivity index (χ0) is 9.65. The third-order valence-corrected chi connectivity index (χ3v) is 0.175. The molecule has 1 N–H and O–H groups in total. The maximum absolute atomic E-state index is 9.04. The van der Waals surface area contributed by atoms with E-state index in [0.29, 0.717) is 0 Å². The molecule has 0 aromatic rings. The summed E-state index contributed by atoms with van der Waals surface area (Å²) in [5.41, 5.74) is 0. The number of carbonyl (C=O) groups excluding carboxylic acids is 1. The van der Waals surface area contributed by atoms with Crippen LogP contribution in [0.2, 0.25) is 0 Å². The molecule has 0 aromatic carbocycles. The van der Waals surface area contributed by atoms with E-state index in [1.165, 1.54) is 0 Å². The minimum Gasteiger partial charge on any atom is -0.759 e. The topological polar surface area (TPSA) is 158 Å². The number of carboxylic acids is 2. The van der Waals surface area contributed by atoms with Crippen molar-refractivity contribution in [2.45, 2.75) is 0 Å². The van der Waals surface area contributed by atoms with E-state index in [4.69, 9.17) is 37.3 Å². The van der Waals surface area contributed by atoms with E-state index in [1.54, 1.807) is 0 Å². The molecule has 0 saturated carbocycles. The smallest absolute Gasteiger partial charge is 0.759 e. The van der Waals surface area contributed by atoms with Crippen molar-refractivity contribution in [1.29, 1.82) is 0 Å². The van der Waals surface area contributed by atoms with Gasteiger partial charge in [-0.2, -0.15) is 0 Å². The van der Waals surface area contributed by atoms with E-state index in [-0.39, 0.29) is 46.6 Å². The predicted molar refractivity (Wildman–Crippen MR) is 23.1 cm³/mol. The van der Waals surface area contributed by atoms with Gasteiger partial charge in [0, 0.05) is 10.4 Å². The first kappa shape index (κ1) is 23.3. The van der Waals surface area contributed by atoms with Crippen molar-refractivity contribution in [1.82, 2.24) is 0 Å². The van der Waals surface area contributed by atoms with Crippen molar-refractivity contribution in [3.63, 3.8) is 0 Å². The van der Waals surface area contributed by atoms with E-state index >= 15 is 0 Å². The molecular weight excluding hydrogens is 263 g/mol. The van der Waals surface area contributed by atoms with Gasteiger partial charge in [0.2, 0.25) is 0 Å². The summed E-state index contributed by atoms with van der Waals surface area (Å²) in [5, 5.41) is 16.3. The van der Waals surface area contributed by atoms with Gasteiger partial charge in [0.25, 0.3) is 0 Å². The Morgan fingerprint density at radius 3 is 1.23 bits per heavy atom. The molecular formula is C2HFeNaO8S. The molecule has 0 saturated heterocycles. The second-order valence-corrected chi connectivity index (χ2v) is 1.82. The molecule has 0 bridgehead atoms. The van der Waals surface area contributed by atoms with Crippen LogP contribution in [0.3, 0.4) is 0 Å². The van der Waals surface area contributed by atoms with Crippen LogP contribution in [0.25, 0.3) is 0 Å². The number of aliphatic carboxylic acids is 2. The largest absolute Gasteiger partial charge is 2.00 e. The fourth-order valence-corrected chi connectivity index (χ4v) is 0. The van der Waals surface area contributed by atoms with Gasteiger partial charge in [0.05, 0.1) is 0 Å². The fourth-order valence-electron chi connectivity index (χ4n) is 0. The molecule has 0 atom stereocenters. The Morgan fingerprint density at radius 1 is 1.15 bits per heavy atom. The van der Waals surface area contributed by atoms with Crippen LogP contribution in [0.4, 0.5) is 0 Å². The fraction of sp³-hybridized carbons (Fsp3) is 0. The molecule has 0 fully saturated rings. The number of hydrogen-bond donors (Lipinski definition) is 1. The average molecular weight is 264 g/mol. The van der Waals surface area contributed by atoms with Crippen LogP contribution in [0.5, 0.6) is 0 Å². The van der Waals surface area contributed by atoms with Crippen molar-refractivity contribution in [2.24, 2.45) is 0 Å². The van der Waals surface area contributed by atoms with Gasteiger partial charge in [0.1, 0.15) is 0 Å². The van der Waals surface area contributed by atoms with Crippen LogP contribution >= 0.6 is 0 Å². The van der Waals surface area contributed by atoms with Gasteiger partial charge in [-0.05, 0) is 0 Å². The number of rotatable bonds is 0. The van der Waals surface area contributed by atoms with Crippen molar-refractivity contribution >= 4 is 22.3 Å². The van der Waals surface area contributed by atoms with E-state index < -0.39 is 22.3 Å². The second-order valence-electron chi connectivity index (χ2n) is 1.00. The summed E-state index contributed by atoms with van der Waals surface area (Å²) in [6.07, 6.45) is 0. The molecule has 0 amide bonds. The van der Waals surface area contributed by atoms with Crippen molar-refractivity contribution in [2.75, 3.05) is 0 Å². The summed E-state index contributed by atoms with van der Waals surface area (Å²) in [6, 6.07) is 0. The van der Waals surface area contributed by atoms with E-state index in [2.05, 4.69) is 0 Å². The van der Waals surface area contributed by atoms with Crippen molar-refractivity contribution < 1.29 is 84.0 Å². The molecule has 0 aliphatic heterocycles. The minimum atomic E-state index is -5.17. The first-order chi connectivity index (χ1) is 4.64. The van der Waals surface area contributed by atoms with Gasteiger partial charge < -0.3 is 24.1 Å². The zero-order valence-electron chi connectivity index (χ0n) is 6.07. The van der Waals surface area contributed by atoms with Crippen LogP contribution in [0.1, 0.15) is 0 Å². The molecule has 0 heterocycles. The molecule has 0 aliphatic rings. The van der Waals surface area contributed by atoms with E-state index in [9.17, 15) is 0 Å². The van der Waals surface area contributed by atoms with E-state index in [1.807, 2.05) is 0 Å². The van der Waals surface area contributed by atoms with Crippen LogP contribution in [0.15, 0.2) is 0 Å². The normalized spacial score (nSPS) is 7.85. The first-order valence-electron chi connectivity index (χ1n) is 1.75. The van der Waals surface area contributed by atoms with Crippen molar-refractivity contribution in [3.05, 3.63) is 0 Å². The Hall–Kier alpha value is 0.329. The summed E-state index contributed by atoms with van der Waals surface area (Å²) in [7, 11) is -5.17. The molecule has 0 aliphatic carbocycles. The quantitative estimate of drug-likeness (QED) is 0.195. The van der Waals surface area contributed by atoms with Gasteiger partial charge in [-0.15, -0.1) is 0 Å². The van der Waals surface area contributed by atoms with Crippen LogP contribution < -0.4 is 34.7 Å². The summed E-state index contributed by atoms with van der Waals surface area (Å²) < 4.78 is 34.1. The molecule has 0 aromatic heterocycles. The van der Waals surface area contributed by atoms with Gasteiger partial charge in [0.15, 0.2) is 5.97 Å². The number of carbonyl (C=O) groups is 2. The van der Waals surface area contributed by atoms with Gasteiger partial charge in [-0.3, -0.25) is 8.42 Å². The third-order valence-electron chi connectivity index (χ3n) is 0.175. The number of carboxylic acid groups (broad SMARTS) is 2. The standard InChI is InChI=1S/C2H2O4.Fe.Na.H2O4S/c3-1(4)2(5)6;;;1-5(2,3)4/h(H,3,4)(H,5,6);;;(H2,1,2,3,4)/q;+2;+1;/p-3. The summed E-state index contributed by atoms with van der Waals surface area (Å²) >= 11 is 0. The van der Waals surface area contributed by atoms with Gasteiger partial charge in [-0.1, -0.05) is 0 Å². The van der Waals surface area contributed by atoms with Gasteiger partial charge in [-0.25, -0.2) is 4.79 Å². The Kier molecular flexibility index (Phi) is 18.6. The molecule has 72 valence electrons. The average Bonchev–Trinajstić information content (AvgIpc) is 1.59. The monoisotopic (exact) mass is 264 g/mol. The van der Waals surface area contributed by atoms with Crippen LogP contribution in [-0.4, -0.2) is 34.6 Å². The SMILES string of the molecule is O=C([O-])C(=O)O.O=S(=O)([O-])[O-].[Fe+2].[Na+]. The number of hydrogen-bond acceptors (Lipinski definition) is 7. The summed E-state index contributed by atoms with van der Waals surface area (Å²) in [5.74, 6) is -4.01. The zero-order valence-corrected chi connectivity index (χ0v) is 9.99. The summed E-state index contributed by atoms with van der Waals surface area (Å²) in [4.78, 5) is 18.0. The predicted octanol–water partition coefficient (Wildman–Crippen LogP) is -6.52. The molecule has 0 spiro atoms. The minimum absolute atomic E-state index is 0. The molecule has 0 radical (unpaired) electrons. The Bertz CT molecular complexity index is 225. The maximum Gasteiger partial charge on any atom is 2.00 e. The Morgan fingerprint density at radius 2 is 1.23 bits per heavy atom. The Balaban J connectivity index is -0.0000000546. The third kappa shape index (κ3) is 70.2. The maximum atomic E-state index is 9.04. The Labute approximate surface area is 106 Å². The summed E-state index contributed by atoms with van der Waals surface area (Å²) in [6.45, 7) is 0. The van der Waals surface area contributed by atoms with Crippen molar-refractivity contribution in [3.8, 4) is 0 Å². The van der Waals surface area contributed by atoms with Crippen LogP contribution in [0, 0.1) is 0 Å². The molecule has 13 heavy (non-hydrogen) atoms. The van der Waals surface area contributed by atoms with Gasteiger partial charge >= 0.3 is 52.6 Å². The molecule has 0 unspecified atom stereocenters. The molecule has 0 rings (SSSR count). The second kappa shape index (κ2) is 10.4. The molecule has 8 nitrogen and oxygen atoms in total. The molecule has 11 heteroatoms. The first-order valence-corrected chi connectivity index (χ1v) is 3.09.